The second-order valence-corrected chi connectivity index (χ2v) is 7.38. The van der Waals surface area contributed by atoms with E-state index in [1.165, 1.54) is 0 Å². The average molecular weight is 316 g/mol. The highest BCUT2D eigenvalue weighted by Crippen LogP contribution is 2.30. The minimum Gasteiger partial charge on any atom is -0.481 e. The lowest BCUT2D eigenvalue weighted by molar-refractivity contribution is -0.137. The Kier molecular flexibility index (Phi) is 4.62. The van der Waals surface area contributed by atoms with Gasteiger partial charge in [0.15, 0.2) is 6.10 Å². The molecule has 2 fully saturated rings. The van der Waals surface area contributed by atoms with Crippen molar-refractivity contribution in [3.63, 3.8) is 0 Å². The number of ether oxygens (including phenoxy) is 1. The first kappa shape index (κ1) is 16.3. The maximum Gasteiger partial charge on any atom is 0.263 e. The van der Waals surface area contributed by atoms with E-state index in [0.717, 1.165) is 43.1 Å². The molecule has 0 radical (unpaired) electrons. The Morgan fingerprint density at radius 3 is 2.48 bits per heavy atom. The Balaban J connectivity index is 1.68. The zero-order valence-corrected chi connectivity index (χ0v) is 14.6. The fourth-order valence-corrected chi connectivity index (χ4v) is 3.75. The third-order valence-electron chi connectivity index (χ3n) is 5.14. The summed E-state index contributed by atoms with van der Waals surface area (Å²) in [6, 6.07) is 6.25. The van der Waals surface area contributed by atoms with Crippen LogP contribution in [0.1, 0.15) is 37.8 Å². The van der Waals surface area contributed by atoms with Gasteiger partial charge in [-0.15, -0.1) is 0 Å². The smallest absolute Gasteiger partial charge is 0.263 e. The predicted molar refractivity (Wildman–Crippen MR) is 91.8 cm³/mol. The van der Waals surface area contributed by atoms with E-state index in [1.54, 1.807) is 0 Å². The SMILES string of the molecule is Cc1ccc(C(C)C)c(OC(C)C(=O)N2C[C@H]3CNC[C@H]3C2)c1. The van der Waals surface area contributed by atoms with E-state index in [0.29, 0.717) is 17.8 Å². The van der Waals surface area contributed by atoms with Crippen LogP contribution in [0.4, 0.5) is 0 Å². The molecular weight excluding hydrogens is 288 g/mol. The molecule has 1 unspecified atom stereocenters. The first-order chi connectivity index (χ1) is 11.0. The number of fused-ring (bicyclic) bond motifs is 1. The van der Waals surface area contributed by atoms with Crippen molar-refractivity contribution in [3.8, 4) is 5.75 Å². The summed E-state index contributed by atoms with van der Waals surface area (Å²) < 4.78 is 6.08. The van der Waals surface area contributed by atoms with Gasteiger partial charge in [0.05, 0.1) is 0 Å². The van der Waals surface area contributed by atoms with Gasteiger partial charge in [0.2, 0.25) is 0 Å². The molecule has 1 N–H and O–H groups in total. The van der Waals surface area contributed by atoms with Gasteiger partial charge in [-0.05, 0) is 48.8 Å². The number of carbonyl (C=O) groups excluding carboxylic acids is 1. The highest BCUT2D eigenvalue weighted by molar-refractivity contribution is 5.81. The maximum absolute atomic E-state index is 12.7. The molecule has 4 nitrogen and oxygen atoms in total. The lowest BCUT2D eigenvalue weighted by atomic mass is 10.0. The summed E-state index contributed by atoms with van der Waals surface area (Å²) in [6.07, 6.45) is -0.430. The second-order valence-electron chi connectivity index (χ2n) is 7.38. The number of carbonyl (C=O) groups is 1. The Hall–Kier alpha value is -1.55. The molecule has 1 amide bonds. The number of hydrogen-bond donors (Lipinski definition) is 1. The summed E-state index contributed by atoms with van der Waals surface area (Å²) in [5, 5.41) is 3.41. The topological polar surface area (TPSA) is 41.6 Å². The molecule has 0 bridgehead atoms. The van der Waals surface area contributed by atoms with Gasteiger partial charge < -0.3 is 15.0 Å². The Labute approximate surface area is 139 Å². The lowest BCUT2D eigenvalue weighted by Crippen LogP contribution is -2.40. The van der Waals surface area contributed by atoms with Crippen LogP contribution in [0.25, 0.3) is 0 Å². The zero-order chi connectivity index (χ0) is 16.6. The third-order valence-corrected chi connectivity index (χ3v) is 5.14. The van der Waals surface area contributed by atoms with Crippen LogP contribution in [0.3, 0.4) is 0 Å². The van der Waals surface area contributed by atoms with Gasteiger partial charge in [-0.1, -0.05) is 26.0 Å². The van der Waals surface area contributed by atoms with E-state index in [4.69, 9.17) is 4.74 Å². The Bertz CT molecular complexity index is 573. The normalized spacial score (nSPS) is 24.8. The van der Waals surface area contributed by atoms with Crippen molar-refractivity contribution in [2.45, 2.75) is 39.7 Å². The van der Waals surface area contributed by atoms with Gasteiger partial charge >= 0.3 is 0 Å². The van der Waals surface area contributed by atoms with Crippen molar-refractivity contribution in [1.29, 1.82) is 0 Å². The van der Waals surface area contributed by atoms with Gasteiger partial charge in [0, 0.05) is 26.2 Å². The second kappa shape index (κ2) is 6.52. The third kappa shape index (κ3) is 3.37. The molecule has 1 aromatic carbocycles. The van der Waals surface area contributed by atoms with Crippen molar-refractivity contribution in [1.82, 2.24) is 10.2 Å². The number of rotatable bonds is 4. The molecule has 2 aliphatic rings. The van der Waals surface area contributed by atoms with Gasteiger partial charge in [-0.3, -0.25) is 4.79 Å². The van der Waals surface area contributed by atoms with Crippen LogP contribution in [-0.4, -0.2) is 43.1 Å². The summed E-state index contributed by atoms with van der Waals surface area (Å²) in [6.45, 7) is 12.1. The minimum absolute atomic E-state index is 0.121. The number of likely N-dealkylation sites (tertiary alicyclic amines) is 1. The van der Waals surface area contributed by atoms with Crippen LogP contribution in [-0.2, 0) is 4.79 Å². The molecule has 0 aliphatic carbocycles. The van der Waals surface area contributed by atoms with Gasteiger partial charge in [0.1, 0.15) is 5.75 Å². The summed E-state index contributed by atoms with van der Waals surface area (Å²) in [5.41, 5.74) is 2.32. The molecule has 126 valence electrons. The molecule has 0 saturated carbocycles. The summed E-state index contributed by atoms with van der Waals surface area (Å²) in [7, 11) is 0. The highest BCUT2D eigenvalue weighted by Gasteiger charge is 2.39. The van der Waals surface area contributed by atoms with Crippen molar-refractivity contribution in [2.75, 3.05) is 26.2 Å². The molecule has 2 saturated heterocycles. The standard InChI is InChI=1S/C19H28N2O2/c1-12(2)17-6-5-13(3)7-18(17)23-14(4)19(22)21-10-15-8-20-9-16(15)11-21/h5-7,12,14-16,20H,8-11H2,1-4H3/t14?,15-,16+. The number of benzene rings is 1. The molecule has 2 aliphatic heterocycles. The monoisotopic (exact) mass is 316 g/mol. The Morgan fingerprint density at radius 2 is 1.87 bits per heavy atom. The van der Waals surface area contributed by atoms with Crippen LogP contribution in [0.15, 0.2) is 18.2 Å². The number of nitrogens with zero attached hydrogens (tertiary/aromatic N) is 1. The maximum atomic E-state index is 12.7. The molecule has 0 spiro atoms. The quantitative estimate of drug-likeness (QED) is 0.928. The molecule has 23 heavy (non-hydrogen) atoms. The van der Waals surface area contributed by atoms with Gasteiger partial charge in [0.25, 0.3) is 5.91 Å². The first-order valence-corrected chi connectivity index (χ1v) is 8.72. The zero-order valence-electron chi connectivity index (χ0n) is 14.6. The summed E-state index contributed by atoms with van der Waals surface area (Å²) in [5.74, 6) is 2.59. The van der Waals surface area contributed by atoms with E-state index < -0.39 is 6.10 Å². The predicted octanol–water partition coefficient (Wildman–Crippen LogP) is 2.56. The van der Waals surface area contributed by atoms with E-state index in [-0.39, 0.29) is 5.91 Å². The molecule has 3 atom stereocenters. The van der Waals surface area contributed by atoms with E-state index in [1.807, 2.05) is 17.9 Å². The van der Waals surface area contributed by atoms with Gasteiger partial charge in [-0.25, -0.2) is 0 Å². The number of aryl methyl sites for hydroxylation is 1. The molecule has 1 aromatic rings. The van der Waals surface area contributed by atoms with E-state index >= 15 is 0 Å². The Morgan fingerprint density at radius 1 is 1.22 bits per heavy atom. The van der Waals surface area contributed by atoms with Crippen LogP contribution < -0.4 is 10.1 Å². The van der Waals surface area contributed by atoms with Crippen LogP contribution in [0.5, 0.6) is 5.75 Å². The molecule has 2 heterocycles. The largest absolute Gasteiger partial charge is 0.481 e. The molecule has 4 heteroatoms. The first-order valence-electron chi connectivity index (χ1n) is 8.72. The fourth-order valence-electron chi connectivity index (χ4n) is 3.75. The number of nitrogens with one attached hydrogen (secondary N) is 1. The van der Waals surface area contributed by atoms with Gasteiger partial charge in [-0.2, -0.15) is 0 Å². The van der Waals surface area contributed by atoms with Crippen molar-refractivity contribution in [2.24, 2.45) is 11.8 Å². The minimum atomic E-state index is -0.430. The van der Waals surface area contributed by atoms with E-state index in [2.05, 4.69) is 38.2 Å². The van der Waals surface area contributed by atoms with Crippen molar-refractivity contribution < 1.29 is 9.53 Å². The highest BCUT2D eigenvalue weighted by atomic mass is 16.5. The lowest BCUT2D eigenvalue weighted by Gasteiger charge is -2.24. The van der Waals surface area contributed by atoms with Crippen molar-refractivity contribution >= 4 is 5.91 Å². The van der Waals surface area contributed by atoms with Crippen molar-refractivity contribution in [3.05, 3.63) is 29.3 Å². The fraction of sp³-hybridized carbons (Fsp3) is 0.632. The van der Waals surface area contributed by atoms with E-state index in [9.17, 15) is 4.79 Å². The summed E-state index contributed by atoms with van der Waals surface area (Å²) >= 11 is 0. The molecule has 0 aromatic heterocycles. The average Bonchev–Trinajstić information content (AvgIpc) is 3.07. The summed E-state index contributed by atoms with van der Waals surface area (Å²) in [4.78, 5) is 14.7. The van der Waals surface area contributed by atoms with Crippen LogP contribution in [0.2, 0.25) is 0 Å². The number of hydrogen-bond acceptors (Lipinski definition) is 3. The molecular formula is C19H28N2O2. The van der Waals surface area contributed by atoms with Crippen LogP contribution in [0, 0.1) is 18.8 Å². The number of amides is 1. The molecule has 3 rings (SSSR count). The van der Waals surface area contributed by atoms with Crippen LogP contribution >= 0.6 is 0 Å².